The van der Waals surface area contributed by atoms with Gasteiger partial charge in [-0.25, -0.2) is 9.67 Å². The van der Waals surface area contributed by atoms with Crippen LogP contribution in [0.25, 0.3) is 22.0 Å². The van der Waals surface area contributed by atoms with E-state index in [2.05, 4.69) is 33.3 Å². The molecular weight excluding hydrogens is 436 g/mol. The average Bonchev–Trinajstić information content (AvgIpc) is 3.24. The number of aromatic nitrogens is 2. The zero-order chi connectivity index (χ0) is 22.8. The van der Waals surface area contributed by atoms with Gasteiger partial charge in [-0.2, -0.15) is 5.10 Å². The van der Waals surface area contributed by atoms with E-state index in [1.54, 1.807) is 17.1 Å². The third kappa shape index (κ3) is 3.95. The summed E-state index contributed by atoms with van der Waals surface area (Å²) >= 11 is 1.42. The van der Waals surface area contributed by atoms with Crippen molar-refractivity contribution in [2.75, 3.05) is 0 Å². The number of thiazole rings is 1. The first-order valence-electron chi connectivity index (χ1n) is 10.0. The summed E-state index contributed by atoms with van der Waals surface area (Å²) in [6.45, 7) is 0. The molecule has 0 saturated heterocycles. The summed E-state index contributed by atoms with van der Waals surface area (Å²) in [5.41, 5.74) is 2.73. The number of nitrogens with zero attached hydrogens (tertiary/aromatic N) is 4. The normalized spacial score (nSPS) is 12.1. The van der Waals surface area contributed by atoms with Crippen LogP contribution in [-0.4, -0.2) is 31.2 Å². The molecule has 5 rings (SSSR count). The van der Waals surface area contributed by atoms with Crippen LogP contribution in [0.2, 0.25) is 0 Å². The standard InChI is InChI=1S/C25H18N4O3S/c30-22-11-10-17(23(31)24(22)32)13-27-29-21(15-33-25(29)28-18-7-4-12-26-14-18)20-9-3-6-16-5-1-2-8-19(16)20/h1-15,30-32H. The first kappa shape index (κ1) is 20.5. The van der Waals surface area contributed by atoms with E-state index in [-0.39, 0.29) is 5.56 Å². The Kier molecular flexibility index (Phi) is 5.34. The highest BCUT2D eigenvalue weighted by Crippen LogP contribution is 2.36. The number of pyridine rings is 1. The van der Waals surface area contributed by atoms with Gasteiger partial charge < -0.3 is 15.3 Å². The quantitative estimate of drug-likeness (QED) is 0.263. The molecule has 0 radical (unpaired) electrons. The van der Waals surface area contributed by atoms with Gasteiger partial charge in [0.05, 0.1) is 23.8 Å². The monoisotopic (exact) mass is 454 g/mol. The van der Waals surface area contributed by atoms with E-state index in [9.17, 15) is 15.3 Å². The molecule has 0 fully saturated rings. The second-order valence-electron chi connectivity index (χ2n) is 7.18. The van der Waals surface area contributed by atoms with E-state index < -0.39 is 17.2 Å². The van der Waals surface area contributed by atoms with Gasteiger partial charge in [0.15, 0.2) is 11.5 Å². The molecule has 0 saturated carbocycles. The number of hydrogen-bond acceptors (Lipinski definition) is 7. The molecule has 0 aliphatic rings. The Morgan fingerprint density at radius 3 is 2.58 bits per heavy atom. The van der Waals surface area contributed by atoms with Gasteiger partial charge in [0.25, 0.3) is 0 Å². The Hall–Kier alpha value is -4.43. The molecule has 5 aromatic rings. The lowest BCUT2D eigenvalue weighted by atomic mass is 10.0. The Morgan fingerprint density at radius 2 is 1.73 bits per heavy atom. The predicted molar refractivity (Wildman–Crippen MR) is 129 cm³/mol. The molecule has 7 nitrogen and oxygen atoms in total. The van der Waals surface area contributed by atoms with Crippen LogP contribution >= 0.6 is 11.3 Å². The van der Waals surface area contributed by atoms with Crippen LogP contribution in [0.5, 0.6) is 17.2 Å². The van der Waals surface area contributed by atoms with Crippen molar-refractivity contribution in [2.24, 2.45) is 10.1 Å². The molecule has 0 aliphatic carbocycles. The van der Waals surface area contributed by atoms with Crippen molar-refractivity contribution >= 4 is 34.0 Å². The lowest BCUT2D eigenvalue weighted by molar-refractivity contribution is 0.367. The summed E-state index contributed by atoms with van der Waals surface area (Å²) in [7, 11) is 0. The van der Waals surface area contributed by atoms with Crippen LogP contribution < -0.4 is 4.80 Å². The maximum atomic E-state index is 10.2. The topological polar surface area (TPSA) is 103 Å². The lowest BCUT2D eigenvalue weighted by Gasteiger charge is -2.08. The molecule has 0 aliphatic heterocycles. The van der Waals surface area contributed by atoms with Gasteiger partial charge in [0.1, 0.15) is 0 Å². The van der Waals surface area contributed by atoms with Crippen molar-refractivity contribution in [3.63, 3.8) is 0 Å². The van der Waals surface area contributed by atoms with Crippen LogP contribution in [0.4, 0.5) is 5.69 Å². The minimum Gasteiger partial charge on any atom is -0.504 e. The zero-order valence-corrected chi connectivity index (χ0v) is 18.0. The number of fused-ring (bicyclic) bond motifs is 1. The highest BCUT2D eigenvalue weighted by molar-refractivity contribution is 7.07. The molecule has 2 heterocycles. The first-order valence-corrected chi connectivity index (χ1v) is 10.9. The average molecular weight is 455 g/mol. The van der Waals surface area contributed by atoms with E-state index in [1.165, 1.54) is 29.7 Å². The van der Waals surface area contributed by atoms with Crippen LogP contribution in [0, 0.1) is 0 Å². The Bertz CT molecular complexity index is 1550. The SMILES string of the molecule is Oc1ccc(C=Nn2c(-c3cccc4ccccc34)csc2=Nc2cccnc2)c(O)c1O. The minimum atomic E-state index is -0.594. The molecule has 3 N–H and O–H groups in total. The molecule has 8 heteroatoms. The molecule has 0 unspecified atom stereocenters. The number of hydrogen-bond donors (Lipinski definition) is 3. The molecule has 162 valence electrons. The molecule has 2 aromatic heterocycles. The molecule has 0 amide bonds. The summed E-state index contributed by atoms with van der Waals surface area (Å²) in [5.74, 6) is -1.45. The smallest absolute Gasteiger partial charge is 0.211 e. The summed E-state index contributed by atoms with van der Waals surface area (Å²) in [4.78, 5) is 9.41. The van der Waals surface area contributed by atoms with E-state index in [4.69, 9.17) is 0 Å². The van der Waals surface area contributed by atoms with Gasteiger partial charge in [-0.05, 0) is 35.0 Å². The maximum Gasteiger partial charge on any atom is 0.211 e. The molecule has 0 spiro atoms. The van der Waals surface area contributed by atoms with Crippen molar-refractivity contribution in [3.8, 4) is 28.5 Å². The summed E-state index contributed by atoms with van der Waals surface area (Å²) in [6.07, 6.45) is 4.76. The fraction of sp³-hybridized carbons (Fsp3) is 0. The third-order valence-corrected chi connectivity index (χ3v) is 5.91. The van der Waals surface area contributed by atoms with Crippen LogP contribution in [-0.2, 0) is 0 Å². The van der Waals surface area contributed by atoms with Crippen LogP contribution in [0.15, 0.2) is 94.6 Å². The van der Waals surface area contributed by atoms with Crippen LogP contribution in [0.1, 0.15) is 5.56 Å². The van der Waals surface area contributed by atoms with Gasteiger partial charge in [-0.15, -0.1) is 11.3 Å². The summed E-state index contributed by atoms with van der Waals surface area (Å²) in [6, 6.07) is 20.6. The van der Waals surface area contributed by atoms with Gasteiger partial charge in [0, 0.05) is 22.7 Å². The molecule has 33 heavy (non-hydrogen) atoms. The van der Waals surface area contributed by atoms with E-state index in [0.29, 0.717) is 10.5 Å². The largest absolute Gasteiger partial charge is 0.504 e. The lowest BCUT2D eigenvalue weighted by Crippen LogP contribution is -2.11. The molecule has 0 bridgehead atoms. The second kappa shape index (κ2) is 8.60. The minimum absolute atomic E-state index is 0.250. The number of benzene rings is 3. The fourth-order valence-corrected chi connectivity index (χ4v) is 4.31. The summed E-state index contributed by atoms with van der Waals surface area (Å²) < 4.78 is 1.68. The third-order valence-electron chi connectivity index (χ3n) is 5.10. The second-order valence-corrected chi connectivity index (χ2v) is 8.02. The van der Waals surface area contributed by atoms with E-state index in [0.717, 1.165) is 22.0 Å². The number of rotatable bonds is 4. The Balaban J connectivity index is 1.72. The summed E-state index contributed by atoms with van der Waals surface area (Å²) in [5, 5.41) is 38.4. The van der Waals surface area contributed by atoms with Crippen molar-refractivity contribution in [1.82, 2.24) is 9.66 Å². The van der Waals surface area contributed by atoms with Crippen molar-refractivity contribution < 1.29 is 15.3 Å². The van der Waals surface area contributed by atoms with Gasteiger partial charge in [-0.3, -0.25) is 4.98 Å². The first-order chi connectivity index (χ1) is 16.1. The van der Waals surface area contributed by atoms with E-state index in [1.807, 2.05) is 41.8 Å². The molecular formula is C25H18N4O3S. The maximum absolute atomic E-state index is 10.2. The van der Waals surface area contributed by atoms with Crippen molar-refractivity contribution in [1.29, 1.82) is 0 Å². The number of aromatic hydroxyl groups is 3. The number of phenolic OH excluding ortho intramolecular Hbond substituents is 3. The van der Waals surface area contributed by atoms with Crippen molar-refractivity contribution in [3.05, 3.63) is 94.9 Å². The fourth-order valence-electron chi connectivity index (χ4n) is 3.46. The molecule has 3 aromatic carbocycles. The van der Waals surface area contributed by atoms with Crippen LogP contribution in [0.3, 0.4) is 0 Å². The van der Waals surface area contributed by atoms with Crippen molar-refractivity contribution in [2.45, 2.75) is 0 Å². The highest BCUT2D eigenvalue weighted by atomic mass is 32.1. The number of phenols is 3. The van der Waals surface area contributed by atoms with Gasteiger partial charge >= 0.3 is 0 Å². The van der Waals surface area contributed by atoms with Gasteiger partial charge in [-0.1, -0.05) is 42.5 Å². The zero-order valence-electron chi connectivity index (χ0n) is 17.2. The predicted octanol–water partition coefficient (Wildman–Crippen LogP) is 5.00. The van der Waals surface area contributed by atoms with E-state index >= 15 is 0 Å². The Labute approximate surface area is 192 Å². The Morgan fingerprint density at radius 1 is 0.879 bits per heavy atom. The molecule has 0 atom stereocenters. The highest BCUT2D eigenvalue weighted by Gasteiger charge is 2.13. The van der Waals surface area contributed by atoms with Gasteiger partial charge in [0.2, 0.25) is 10.6 Å².